The Morgan fingerprint density at radius 2 is 1.81 bits per heavy atom. The maximum atomic E-state index is 13.0. The van der Waals surface area contributed by atoms with E-state index in [0.717, 1.165) is 35.7 Å². The monoisotopic (exact) mass is 357 g/mol. The molecule has 27 heavy (non-hydrogen) atoms. The summed E-state index contributed by atoms with van der Waals surface area (Å²) in [5.41, 5.74) is 6.09. The average molecular weight is 357 g/mol. The minimum atomic E-state index is 0.188. The molecule has 0 aliphatic heterocycles. The third-order valence-corrected chi connectivity index (χ3v) is 6.03. The summed E-state index contributed by atoms with van der Waals surface area (Å²) in [6.45, 7) is 0. The summed E-state index contributed by atoms with van der Waals surface area (Å²) in [7, 11) is 1.96. The number of H-pyrrole nitrogens is 2. The van der Waals surface area contributed by atoms with Gasteiger partial charge in [0.2, 0.25) is 5.91 Å². The molecular weight excluding hydrogens is 334 g/mol. The van der Waals surface area contributed by atoms with Gasteiger partial charge in [-0.1, -0.05) is 36.4 Å². The molecule has 2 N–H and O–H groups in total. The van der Waals surface area contributed by atoms with Crippen molar-refractivity contribution in [1.82, 2.24) is 14.9 Å². The van der Waals surface area contributed by atoms with E-state index in [4.69, 9.17) is 0 Å². The molecule has 1 atom stereocenters. The Bertz CT molecular complexity index is 1140. The van der Waals surface area contributed by atoms with Gasteiger partial charge >= 0.3 is 0 Å². The molecule has 4 heteroatoms. The summed E-state index contributed by atoms with van der Waals surface area (Å²) in [6.07, 6.45) is 5.34. The number of carbonyl (C=O) groups excluding carboxylic acids is 1. The van der Waals surface area contributed by atoms with Crippen molar-refractivity contribution in [3.8, 4) is 0 Å². The molecule has 1 aliphatic carbocycles. The Morgan fingerprint density at radius 1 is 1.07 bits per heavy atom. The summed E-state index contributed by atoms with van der Waals surface area (Å²) >= 11 is 0. The van der Waals surface area contributed by atoms with Gasteiger partial charge in [0.25, 0.3) is 0 Å². The van der Waals surface area contributed by atoms with E-state index in [2.05, 4.69) is 40.3 Å². The second-order valence-electron chi connectivity index (χ2n) is 7.57. The van der Waals surface area contributed by atoms with Crippen molar-refractivity contribution < 1.29 is 4.79 Å². The van der Waals surface area contributed by atoms with E-state index < -0.39 is 0 Å². The number of aromatic amines is 2. The molecule has 0 saturated heterocycles. The van der Waals surface area contributed by atoms with Crippen molar-refractivity contribution in [2.75, 3.05) is 7.05 Å². The number of nitrogens with one attached hydrogen (secondary N) is 2. The van der Waals surface area contributed by atoms with Crippen LogP contribution in [0.4, 0.5) is 0 Å². The third kappa shape index (κ3) is 2.72. The molecule has 0 spiro atoms. The number of carbonyl (C=O) groups is 1. The number of para-hydroxylation sites is 2. The average Bonchev–Trinajstić information content (AvgIpc) is 3.28. The number of nitrogens with zero attached hydrogens (tertiary/aromatic N) is 1. The summed E-state index contributed by atoms with van der Waals surface area (Å²) in [4.78, 5) is 21.8. The summed E-state index contributed by atoms with van der Waals surface area (Å²) in [5, 5.41) is 2.44. The molecule has 1 unspecified atom stereocenters. The summed E-state index contributed by atoms with van der Waals surface area (Å²) < 4.78 is 0. The van der Waals surface area contributed by atoms with Gasteiger partial charge in [-0.3, -0.25) is 4.79 Å². The van der Waals surface area contributed by atoms with Gasteiger partial charge < -0.3 is 14.9 Å². The first-order chi connectivity index (χ1) is 13.2. The van der Waals surface area contributed by atoms with Crippen molar-refractivity contribution >= 4 is 27.7 Å². The lowest BCUT2D eigenvalue weighted by Crippen LogP contribution is -2.41. The van der Waals surface area contributed by atoms with E-state index in [1.165, 1.54) is 22.2 Å². The quantitative estimate of drug-likeness (QED) is 0.567. The highest BCUT2D eigenvalue weighted by molar-refractivity contribution is 5.89. The number of likely N-dealkylation sites (N-methyl/N-ethyl adjacent to an activating group) is 1. The zero-order chi connectivity index (χ0) is 18.4. The van der Waals surface area contributed by atoms with E-state index in [9.17, 15) is 4.79 Å². The lowest BCUT2D eigenvalue weighted by molar-refractivity contribution is -0.131. The highest BCUT2D eigenvalue weighted by Gasteiger charge is 2.27. The van der Waals surface area contributed by atoms with E-state index in [1.54, 1.807) is 0 Å². The van der Waals surface area contributed by atoms with Gasteiger partial charge in [-0.25, -0.2) is 0 Å². The molecule has 2 aromatic heterocycles. The highest BCUT2D eigenvalue weighted by atomic mass is 16.2. The van der Waals surface area contributed by atoms with Gasteiger partial charge in [-0.2, -0.15) is 0 Å². The number of fused-ring (bicyclic) bond motifs is 4. The van der Waals surface area contributed by atoms with E-state index in [0.29, 0.717) is 6.42 Å². The molecular formula is C23H23N3O. The predicted molar refractivity (Wildman–Crippen MR) is 109 cm³/mol. The van der Waals surface area contributed by atoms with Crippen LogP contribution in [0, 0.1) is 0 Å². The standard InChI is InChI=1S/C23H23N3O/c1-26(23(27)12-15-14-24-20-8-4-2-6-17(15)20)16-10-11-22-19(13-16)18-7-3-5-9-21(18)25-22/h2-9,14,16,24-25H,10-13H2,1H3. The number of aryl methyl sites for hydroxylation is 1. The minimum Gasteiger partial charge on any atom is -0.361 e. The third-order valence-electron chi connectivity index (χ3n) is 6.03. The molecule has 4 nitrogen and oxygen atoms in total. The number of hydrogen-bond donors (Lipinski definition) is 2. The maximum absolute atomic E-state index is 13.0. The molecule has 0 saturated carbocycles. The van der Waals surface area contributed by atoms with Crippen LogP contribution in [0.1, 0.15) is 23.2 Å². The summed E-state index contributed by atoms with van der Waals surface area (Å²) in [6, 6.07) is 16.9. The van der Waals surface area contributed by atoms with E-state index in [-0.39, 0.29) is 11.9 Å². The fourth-order valence-electron chi connectivity index (χ4n) is 4.45. The molecule has 2 aromatic carbocycles. The maximum Gasteiger partial charge on any atom is 0.227 e. The number of amides is 1. The van der Waals surface area contributed by atoms with Crippen molar-refractivity contribution in [3.63, 3.8) is 0 Å². The van der Waals surface area contributed by atoms with Crippen molar-refractivity contribution in [3.05, 3.63) is 71.5 Å². The van der Waals surface area contributed by atoms with Crippen molar-refractivity contribution in [1.29, 1.82) is 0 Å². The summed E-state index contributed by atoms with van der Waals surface area (Å²) in [5.74, 6) is 0.188. The second kappa shape index (κ2) is 6.31. The van der Waals surface area contributed by atoms with Crippen molar-refractivity contribution in [2.45, 2.75) is 31.7 Å². The number of rotatable bonds is 3. The Labute approximate surface area is 158 Å². The first-order valence-corrected chi connectivity index (χ1v) is 9.60. The zero-order valence-corrected chi connectivity index (χ0v) is 15.5. The van der Waals surface area contributed by atoms with E-state index in [1.807, 2.05) is 36.3 Å². The Hall–Kier alpha value is -3.01. The van der Waals surface area contributed by atoms with Crippen LogP contribution in [-0.2, 0) is 24.1 Å². The van der Waals surface area contributed by atoms with Gasteiger partial charge in [0.15, 0.2) is 0 Å². The van der Waals surface area contributed by atoms with Crippen LogP contribution in [-0.4, -0.2) is 33.9 Å². The first-order valence-electron chi connectivity index (χ1n) is 9.60. The number of aromatic nitrogens is 2. The zero-order valence-electron chi connectivity index (χ0n) is 15.5. The fraction of sp³-hybridized carbons (Fsp3) is 0.261. The first kappa shape index (κ1) is 16.2. The number of hydrogen-bond acceptors (Lipinski definition) is 1. The molecule has 1 aliphatic rings. The van der Waals surface area contributed by atoms with Crippen LogP contribution < -0.4 is 0 Å². The van der Waals surface area contributed by atoms with Crippen LogP contribution in [0.2, 0.25) is 0 Å². The van der Waals surface area contributed by atoms with Gasteiger partial charge in [0, 0.05) is 46.8 Å². The Balaban J connectivity index is 1.36. The SMILES string of the molecule is CN(C(=O)Cc1c[nH]c2ccccc12)C1CCc2[nH]c3ccccc3c2C1. The molecule has 0 bridgehead atoms. The Morgan fingerprint density at radius 3 is 2.67 bits per heavy atom. The van der Waals surface area contributed by atoms with Gasteiger partial charge in [-0.05, 0) is 42.5 Å². The predicted octanol–water partition coefficient (Wildman–Crippen LogP) is 4.21. The molecule has 136 valence electrons. The van der Waals surface area contributed by atoms with Crippen LogP contribution in [0.5, 0.6) is 0 Å². The lowest BCUT2D eigenvalue weighted by atomic mass is 9.90. The van der Waals surface area contributed by atoms with Crippen molar-refractivity contribution in [2.24, 2.45) is 0 Å². The van der Waals surface area contributed by atoms with Gasteiger partial charge in [0.1, 0.15) is 0 Å². The number of benzene rings is 2. The Kier molecular flexibility index (Phi) is 3.78. The highest BCUT2D eigenvalue weighted by Crippen LogP contribution is 2.31. The van der Waals surface area contributed by atoms with Crippen LogP contribution in [0.3, 0.4) is 0 Å². The van der Waals surface area contributed by atoms with Gasteiger partial charge in [-0.15, -0.1) is 0 Å². The molecule has 2 heterocycles. The fourth-order valence-corrected chi connectivity index (χ4v) is 4.45. The molecule has 0 radical (unpaired) electrons. The normalized spacial score (nSPS) is 16.6. The van der Waals surface area contributed by atoms with Crippen LogP contribution in [0.25, 0.3) is 21.8 Å². The van der Waals surface area contributed by atoms with E-state index >= 15 is 0 Å². The minimum absolute atomic E-state index is 0.188. The molecule has 1 amide bonds. The van der Waals surface area contributed by atoms with Crippen LogP contribution in [0.15, 0.2) is 54.7 Å². The molecule has 5 rings (SSSR count). The molecule has 4 aromatic rings. The largest absolute Gasteiger partial charge is 0.361 e. The lowest BCUT2D eigenvalue weighted by Gasteiger charge is -2.31. The topological polar surface area (TPSA) is 51.9 Å². The smallest absolute Gasteiger partial charge is 0.227 e. The second-order valence-corrected chi connectivity index (χ2v) is 7.57. The molecule has 0 fully saturated rings. The van der Waals surface area contributed by atoms with Crippen LogP contribution >= 0.6 is 0 Å². The van der Waals surface area contributed by atoms with Gasteiger partial charge in [0.05, 0.1) is 6.42 Å².